The van der Waals surface area contributed by atoms with E-state index < -0.39 is 29.2 Å². The Morgan fingerprint density at radius 1 is 1.25 bits per heavy atom. The maximum Gasteiger partial charge on any atom is 0.412 e. The van der Waals surface area contributed by atoms with E-state index in [9.17, 15) is 22.8 Å². The van der Waals surface area contributed by atoms with Gasteiger partial charge in [0.1, 0.15) is 0 Å². The van der Waals surface area contributed by atoms with Gasteiger partial charge in [-0.15, -0.1) is 0 Å². The molecule has 20 heavy (non-hydrogen) atoms. The maximum absolute atomic E-state index is 12.8. The third kappa shape index (κ3) is 6.40. The minimum Gasteiger partial charge on any atom is -0.478 e. The lowest BCUT2D eigenvalue weighted by Crippen LogP contribution is -2.21. The summed E-state index contributed by atoms with van der Waals surface area (Å²) >= 11 is 0. The zero-order valence-corrected chi connectivity index (χ0v) is 11.6. The van der Waals surface area contributed by atoms with Gasteiger partial charge in [-0.1, -0.05) is 13.3 Å². The van der Waals surface area contributed by atoms with Gasteiger partial charge in [-0.2, -0.15) is 13.2 Å². The van der Waals surface area contributed by atoms with Gasteiger partial charge in [0.15, 0.2) is 0 Å². The van der Waals surface area contributed by atoms with Crippen LogP contribution in [0.3, 0.4) is 0 Å². The molecule has 0 heterocycles. The molecular weight excluding hydrogens is 275 g/mol. The first kappa shape index (κ1) is 18.2. The Morgan fingerprint density at radius 3 is 2.15 bits per heavy atom. The van der Waals surface area contributed by atoms with E-state index in [0.29, 0.717) is 18.9 Å². The smallest absolute Gasteiger partial charge is 0.412 e. The number of carbonyl (C=O) groups excluding carboxylic acids is 1. The fourth-order valence-corrected chi connectivity index (χ4v) is 1.50. The van der Waals surface area contributed by atoms with Gasteiger partial charge in [-0.3, -0.25) is 4.79 Å². The van der Waals surface area contributed by atoms with Crippen molar-refractivity contribution in [2.75, 3.05) is 0 Å². The zero-order chi connectivity index (χ0) is 15.9. The van der Waals surface area contributed by atoms with E-state index in [4.69, 9.17) is 5.11 Å². The summed E-state index contributed by atoms with van der Waals surface area (Å²) < 4.78 is 38.5. The van der Waals surface area contributed by atoms with Gasteiger partial charge < -0.3 is 10.4 Å². The van der Waals surface area contributed by atoms with E-state index in [1.165, 1.54) is 6.92 Å². The summed E-state index contributed by atoms with van der Waals surface area (Å²) in [5, 5.41) is 11.2. The van der Waals surface area contributed by atoms with Crippen LogP contribution in [0.2, 0.25) is 0 Å². The summed E-state index contributed by atoms with van der Waals surface area (Å²) in [6, 6.07) is 0. The second-order valence-corrected chi connectivity index (χ2v) is 4.30. The van der Waals surface area contributed by atoms with Crippen LogP contribution in [-0.4, -0.2) is 23.2 Å². The van der Waals surface area contributed by atoms with Crippen LogP contribution in [0.4, 0.5) is 13.2 Å². The average molecular weight is 293 g/mol. The fourth-order valence-electron chi connectivity index (χ4n) is 1.50. The molecule has 0 saturated heterocycles. The van der Waals surface area contributed by atoms with Crippen molar-refractivity contribution >= 4 is 11.9 Å². The molecule has 0 aromatic carbocycles. The molecule has 0 aromatic rings. The summed E-state index contributed by atoms with van der Waals surface area (Å²) in [5.41, 5.74) is -1.60. The van der Waals surface area contributed by atoms with E-state index in [2.05, 4.69) is 5.32 Å². The number of rotatable bonds is 6. The number of unbranched alkanes of at least 4 members (excludes halogenated alkanes) is 1. The standard InChI is InChI=1S/C13H18F3NO3/c1-4-5-6-10(13(14,15)16)7-11(12(19)20)8(2)17-9(3)18/h7H,4-6H2,1-3H3,(H,17,18)(H,19,20)/b10-7+,11-8-. The molecule has 1 amide bonds. The predicted octanol–water partition coefficient (Wildman–Crippen LogP) is 3.16. The number of alkyl halides is 3. The third-order valence-electron chi connectivity index (χ3n) is 2.48. The number of amides is 1. The molecule has 0 atom stereocenters. The number of hydrogen-bond donors (Lipinski definition) is 2. The first-order valence-corrected chi connectivity index (χ1v) is 6.09. The summed E-state index contributed by atoms with van der Waals surface area (Å²) in [4.78, 5) is 21.9. The van der Waals surface area contributed by atoms with Crippen LogP contribution in [0.15, 0.2) is 22.9 Å². The molecule has 0 rings (SSSR count). The Labute approximate surface area is 115 Å². The van der Waals surface area contributed by atoms with Crippen molar-refractivity contribution in [2.24, 2.45) is 0 Å². The van der Waals surface area contributed by atoms with Crippen LogP contribution in [0, 0.1) is 0 Å². The number of allylic oxidation sites excluding steroid dienone is 2. The van der Waals surface area contributed by atoms with Crippen molar-refractivity contribution in [3.63, 3.8) is 0 Å². The molecule has 4 nitrogen and oxygen atoms in total. The molecule has 0 spiro atoms. The van der Waals surface area contributed by atoms with Crippen molar-refractivity contribution in [3.8, 4) is 0 Å². The maximum atomic E-state index is 12.8. The van der Waals surface area contributed by atoms with Crippen molar-refractivity contribution in [1.29, 1.82) is 0 Å². The van der Waals surface area contributed by atoms with E-state index in [1.54, 1.807) is 6.92 Å². The first-order chi connectivity index (χ1) is 9.09. The topological polar surface area (TPSA) is 66.4 Å². The van der Waals surface area contributed by atoms with Crippen molar-refractivity contribution < 1.29 is 27.9 Å². The first-order valence-electron chi connectivity index (χ1n) is 6.09. The minimum absolute atomic E-state index is 0.122. The number of carbonyl (C=O) groups is 2. The van der Waals surface area contributed by atoms with Gasteiger partial charge in [0.2, 0.25) is 5.91 Å². The van der Waals surface area contributed by atoms with Crippen molar-refractivity contribution in [3.05, 3.63) is 22.9 Å². The van der Waals surface area contributed by atoms with E-state index >= 15 is 0 Å². The summed E-state index contributed by atoms with van der Waals surface area (Å²) in [6.07, 6.45) is -3.40. The molecule has 0 bridgehead atoms. The second kappa shape index (κ2) is 7.72. The van der Waals surface area contributed by atoms with Gasteiger partial charge in [0, 0.05) is 18.2 Å². The average Bonchev–Trinajstić information content (AvgIpc) is 2.25. The Bertz CT molecular complexity index is 437. The molecule has 0 aromatic heterocycles. The van der Waals surface area contributed by atoms with Crippen LogP contribution in [-0.2, 0) is 9.59 Å². The molecule has 0 radical (unpaired) electrons. The Hall–Kier alpha value is -1.79. The lowest BCUT2D eigenvalue weighted by Gasteiger charge is -2.13. The molecule has 0 saturated carbocycles. The molecule has 114 valence electrons. The highest BCUT2D eigenvalue weighted by atomic mass is 19.4. The van der Waals surface area contributed by atoms with Gasteiger partial charge in [0.25, 0.3) is 0 Å². The highest BCUT2D eigenvalue weighted by Gasteiger charge is 2.33. The molecular formula is C13H18F3NO3. The molecule has 0 aliphatic heterocycles. The molecule has 2 N–H and O–H groups in total. The predicted molar refractivity (Wildman–Crippen MR) is 67.8 cm³/mol. The molecule has 0 aliphatic carbocycles. The largest absolute Gasteiger partial charge is 0.478 e. The Morgan fingerprint density at radius 2 is 1.80 bits per heavy atom. The van der Waals surface area contributed by atoms with Crippen LogP contribution in [0.25, 0.3) is 0 Å². The van der Waals surface area contributed by atoms with Crippen LogP contribution >= 0.6 is 0 Å². The minimum atomic E-state index is -4.59. The Balaban J connectivity index is 5.61. The number of carboxylic acids is 1. The monoisotopic (exact) mass is 293 g/mol. The molecule has 0 aliphatic rings. The van der Waals surface area contributed by atoms with E-state index in [-0.39, 0.29) is 12.1 Å². The number of aliphatic carboxylic acids is 1. The number of nitrogens with one attached hydrogen (secondary N) is 1. The van der Waals surface area contributed by atoms with Crippen molar-refractivity contribution in [1.82, 2.24) is 5.32 Å². The SMILES string of the molecule is CCCC/C(=C\C(C(=O)O)=C(/C)NC(C)=O)C(F)(F)F. The van der Waals surface area contributed by atoms with Crippen LogP contribution in [0.1, 0.15) is 40.0 Å². The quantitative estimate of drug-likeness (QED) is 0.584. The number of hydrogen-bond acceptors (Lipinski definition) is 2. The van der Waals surface area contributed by atoms with Gasteiger partial charge in [-0.25, -0.2) is 4.79 Å². The Kier molecular flexibility index (Phi) is 7.02. The summed E-state index contributed by atoms with van der Waals surface area (Å²) in [7, 11) is 0. The highest BCUT2D eigenvalue weighted by Crippen LogP contribution is 2.31. The summed E-state index contributed by atoms with van der Waals surface area (Å²) in [6.45, 7) is 4.13. The van der Waals surface area contributed by atoms with Gasteiger partial charge >= 0.3 is 12.1 Å². The molecule has 0 unspecified atom stereocenters. The zero-order valence-electron chi connectivity index (χ0n) is 11.6. The van der Waals surface area contributed by atoms with Gasteiger partial charge in [0.05, 0.1) is 5.57 Å². The van der Waals surface area contributed by atoms with Crippen LogP contribution in [0.5, 0.6) is 0 Å². The van der Waals surface area contributed by atoms with E-state index in [0.717, 1.165) is 6.92 Å². The number of carboxylic acid groups (broad SMARTS) is 1. The third-order valence-corrected chi connectivity index (χ3v) is 2.48. The lowest BCUT2D eigenvalue weighted by atomic mass is 10.0. The normalized spacial score (nSPS) is 13.8. The molecule has 7 heteroatoms. The van der Waals surface area contributed by atoms with Gasteiger partial charge in [-0.05, 0) is 25.8 Å². The summed E-state index contributed by atoms with van der Waals surface area (Å²) in [5.74, 6) is -2.06. The van der Waals surface area contributed by atoms with Crippen molar-refractivity contribution in [2.45, 2.75) is 46.2 Å². The number of halogens is 3. The fraction of sp³-hybridized carbons (Fsp3) is 0.538. The highest BCUT2D eigenvalue weighted by molar-refractivity contribution is 5.92. The molecule has 0 fully saturated rings. The second-order valence-electron chi connectivity index (χ2n) is 4.30. The van der Waals surface area contributed by atoms with Crippen LogP contribution < -0.4 is 5.32 Å². The lowest BCUT2D eigenvalue weighted by molar-refractivity contribution is -0.132. The van der Waals surface area contributed by atoms with E-state index in [1.807, 2.05) is 0 Å².